The molecular weight excluding hydrogens is 325 g/mol. The average Bonchev–Trinajstić information content (AvgIpc) is 2.81. The van der Waals surface area contributed by atoms with E-state index in [1.165, 1.54) is 6.07 Å². The lowest BCUT2D eigenvalue weighted by Crippen LogP contribution is -2.20. The predicted molar refractivity (Wildman–Crippen MR) is 70.8 cm³/mol. The zero-order valence-corrected chi connectivity index (χ0v) is 12.3. The van der Waals surface area contributed by atoms with Gasteiger partial charge in [0, 0.05) is 18.1 Å². The Kier molecular flexibility index (Phi) is 4.62. The van der Waals surface area contributed by atoms with Crippen LogP contribution in [0, 0.1) is 17.6 Å². The second-order valence-electron chi connectivity index (χ2n) is 4.46. The van der Waals surface area contributed by atoms with Gasteiger partial charge in [0.1, 0.15) is 11.6 Å². The van der Waals surface area contributed by atoms with Crippen molar-refractivity contribution < 1.29 is 13.5 Å². The average molecular weight is 340 g/mol. The topological polar surface area (TPSA) is 9.23 Å². The fraction of sp³-hybridized carbons (Fsp3) is 0.538. The highest BCUT2D eigenvalue weighted by Gasteiger charge is 2.34. The molecule has 0 spiro atoms. The summed E-state index contributed by atoms with van der Waals surface area (Å²) in [5, 5.41) is -0.556. The van der Waals surface area contributed by atoms with Gasteiger partial charge in [-0.2, -0.15) is 0 Å². The fourth-order valence-corrected chi connectivity index (χ4v) is 3.17. The van der Waals surface area contributed by atoms with Crippen molar-refractivity contribution in [3.63, 3.8) is 0 Å². The molecule has 3 atom stereocenters. The van der Waals surface area contributed by atoms with Gasteiger partial charge >= 0.3 is 0 Å². The van der Waals surface area contributed by atoms with E-state index in [2.05, 4.69) is 15.9 Å². The third-order valence-corrected chi connectivity index (χ3v) is 4.54. The second-order valence-corrected chi connectivity index (χ2v) is 5.78. The van der Waals surface area contributed by atoms with E-state index in [9.17, 15) is 8.78 Å². The maximum absolute atomic E-state index is 13.8. The van der Waals surface area contributed by atoms with Gasteiger partial charge < -0.3 is 4.74 Å². The lowest BCUT2D eigenvalue weighted by Gasteiger charge is -2.22. The van der Waals surface area contributed by atoms with E-state index in [4.69, 9.17) is 16.3 Å². The summed E-state index contributed by atoms with van der Waals surface area (Å²) in [6, 6.07) is 2.29. The molecule has 1 aliphatic rings. The van der Waals surface area contributed by atoms with Crippen LogP contribution >= 0.6 is 27.5 Å². The zero-order chi connectivity index (χ0) is 13.3. The summed E-state index contributed by atoms with van der Waals surface area (Å²) in [6.07, 6.45) is 1.64. The molecule has 3 unspecified atom stereocenters. The summed E-state index contributed by atoms with van der Waals surface area (Å²) in [7, 11) is 0. The number of alkyl halides is 1. The predicted octanol–water partition coefficient (Wildman–Crippen LogP) is 4.82. The van der Waals surface area contributed by atoms with Gasteiger partial charge in [0.25, 0.3) is 0 Å². The van der Waals surface area contributed by atoms with Gasteiger partial charge in [0.2, 0.25) is 0 Å². The van der Waals surface area contributed by atoms with Gasteiger partial charge in [-0.25, -0.2) is 8.78 Å². The third kappa shape index (κ3) is 2.70. The number of hydrogen-bond donors (Lipinski definition) is 0. The molecule has 0 aliphatic carbocycles. The summed E-state index contributed by atoms with van der Waals surface area (Å²) in [5.41, 5.74) is 0.214. The first kappa shape index (κ1) is 14.2. The standard InChI is InChI=1S/C13H14BrClF2O/c1-2-12-7(3-4-18-12)13(15)8-5-11(17)9(14)6-10(8)16/h5-7,12-13H,2-4H2,1H3. The Morgan fingerprint density at radius 1 is 1.44 bits per heavy atom. The third-order valence-electron chi connectivity index (χ3n) is 3.38. The molecule has 1 nitrogen and oxygen atoms in total. The number of rotatable bonds is 3. The van der Waals surface area contributed by atoms with Crippen molar-refractivity contribution in [1.82, 2.24) is 0 Å². The monoisotopic (exact) mass is 338 g/mol. The maximum Gasteiger partial charge on any atom is 0.137 e. The highest BCUT2D eigenvalue weighted by Crippen LogP contribution is 2.40. The van der Waals surface area contributed by atoms with Gasteiger partial charge in [-0.05, 0) is 40.9 Å². The van der Waals surface area contributed by atoms with Crippen LogP contribution < -0.4 is 0 Å². The van der Waals surface area contributed by atoms with Crippen LogP contribution in [0.15, 0.2) is 16.6 Å². The van der Waals surface area contributed by atoms with Crippen molar-refractivity contribution in [3.8, 4) is 0 Å². The van der Waals surface area contributed by atoms with E-state index in [1.807, 2.05) is 6.92 Å². The van der Waals surface area contributed by atoms with E-state index in [-0.39, 0.29) is 22.1 Å². The Hall–Kier alpha value is -0.190. The molecule has 5 heteroatoms. The van der Waals surface area contributed by atoms with E-state index in [0.29, 0.717) is 6.61 Å². The molecule has 0 aromatic heterocycles. The first-order valence-corrected chi connectivity index (χ1v) is 7.17. The van der Waals surface area contributed by atoms with Crippen molar-refractivity contribution in [3.05, 3.63) is 33.8 Å². The molecule has 1 aliphatic heterocycles. The van der Waals surface area contributed by atoms with Gasteiger partial charge in [0.05, 0.1) is 16.0 Å². The molecular formula is C13H14BrClF2O. The zero-order valence-electron chi connectivity index (χ0n) is 9.93. The molecule has 18 heavy (non-hydrogen) atoms. The van der Waals surface area contributed by atoms with Crippen molar-refractivity contribution in [1.29, 1.82) is 0 Å². The summed E-state index contributed by atoms with van der Waals surface area (Å²) in [5.74, 6) is -0.944. The number of ether oxygens (including phenoxy) is 1. The van der Waals surface area contributed by atoms with Crippen molar-refractivity contribution in [2.75, 3.05) is 6.61 Å². The maximum atomic E-state index is 13.8. The smallest absolute Gasteiger partial charge is 0.137 e. The van der Waals surface area contributed by atoms with E-state index in [1.54, 1.807) is 0 Å². The van der Waals surface area contributed by atoms with Crippen LogP contribution in [0.2, 0.25) is 0 Å². The molecule has 0 bridgehead atoms. The highest BCUT2D eigenvalue weighted by atomic mass is 79.9. The molecule has 1 aromatic rings. The first-order chi connectivity index (χ1) is 8.54. The molecule has 0 radical (unpaired) electrons. The molecule has 0 N–H and O–H groups in total. The molecule has 1 saturated heterocycles. The quantitative estimate of drug-likeness (QED) is 0.566. The van der Waals surface area contributed by atoms with Crippen LogP contribution in [0.25, 0.3) is 0 Å². The van der Waals surface area contributed by atoms with E-state index in [0.717, 1.165) is 18.9 Å². The number of benzene rings is 1. The highest BCUT2D eigenvalue weighted by molar-refractivity contribution is 9.10. The van der Waals surface area contributed by atoms with Crippen LogP contribution in [-0.2, 0) is 4.74 Å². The van der Waals surface area contributed by atoms with E-state index >= 15 is 0 Å². The summed E-state index contributed by atoms with van der Waals surface area (Å²) < 4.78 is 33.0. The number of halogens is 4. The summed E-state index contributed by atoms with van der Waals surface area (Å²) in [6.45, 7) is 2.64. The first-order valence-electron chi connectivity index (χ1n) is 5.94. The molecule has 2 rings (SSSR count). The molecule has 1 aromatic carbocycles. The second kappa shape index (κ2) is 5.85. The van der Waals surface area contributed by atoms with Gasteiger partial charge in [-0.3, -0.25) is 0 Å². The molecule has 1 heterocycles. The Bertz CT molecular complexity index is 441. The van der Waals surface area contributed by atoms with Gasteiger partial charge in [-0.15, -0.1) is 11.6 Å². The van der Waals surface area contributed by atoms with Crippen molar-refractivity contribution in [2.45, 2.75) is 31.2 Å². The number of hydrogen-bond acceptors (Lipinski definition) is 1. The SMILES string of the molecule is CCC1OCCC1C(Cl)c1cc(F)c(Br)cc1F. The summed E-state index contributed by atoms with van der Waals surface area (Å²) in [4.78, 5) is 0. The Balaban J connectivity index is 2.28. The lowest BCUT2D eigenvalue weighted by molar-refractivity contribution is 0.0862. The molecule has 1 fully saturated rings. The van der Waals surface area contributed by atoms with Crippen LogP contribution in [0.1, 0.15) is 30.7 Å². The Morgan fingerprint density at radius 3 is 2.83 bits per heavy atom. The minimum atomic E-state index is -0.556. The van der Waals surface area contributed by atoms with Crippen LogP contribution in [0.3, 0.4) is 0 Å². The van der Waals surface area contributed by atoms with Gasteiger partial charge in [-0.1, -0.05) is 6.92 Å². The Labute approximate surface area is 119 Å². The normalized spacial score (nSPS) is 25.4. The largest absolute Gasteiger partial charge is 0.378 e. The van der Waals surface area contributed by atoms with Crippen LogP contribution in [0.4, 0.5) is 8.78 Å². The molecule has 0 saturated carbocycles. The molecule has 100 valence electrons. The van der Waals surface area contributed by atoms with Crippen LogP contribution in [-0.4, -0.2) is 12.7 Å². The molecule has 0 amide bonds. The lowest BCUT2D eigenvalue weighted by atomic mass is 9.91. The van der Waals surface area contributed by atoms with Crippen molar-refractivity contribution in [2.24, 2.45) is 5.92 Å². The van der Waals surface area contributed by atoms with Crippen molar-refractivity contribution >= 4 is 27.5 Å². The van der Waals surface area contributed by atoms with Gasteiger partial charge in [0.15, 0.2) is 0 Å². The Morgan fingerprint density at radius 2 is 2.17 bits per heavy atom. The fourth-order valence-electron chi connectivity index (χ4n) is 2.40. The summed E-state index contributed by atoms with van der Waals surface area (Å²) >= 11 is 9.27. The van der Waals surface area contributed by atoms with E-state index < -0.39 is 17.0 Å². The minimum absolute atomic E-state index is 0.0265. The van der Waals surface area contributed by atoms with Crippen LogP contribution in [0.5, 0.6) is 0 Å². The minimum Gasteiger partial charge on any atom is -0.378 e.